The van der Waals surface area contributed by atoms with Crippen molar-refractivity contribution in [2.75, 3.05) is 44.3 Å². The smallest absolute Gasteiger partial charge is 0.299 e. The van der Waals surface area contributed by atoms with Gasteiger partial charge < -0.3 is 9.64 Å². The maximum Gasteiger partial charge on any atom is 0.299 e. The van der Waals surface area contributed by atoms with Crippen LogP contribution in [0.25, 0.3) is 0 Å². The number of benzene rings is 1. The first-order valence-corrected chi connectivity index (χ1v) is 7.49. The summed E-state index contributed by atoms with van der Waals surface area (Å²) in [6, 6.07) is 3.15. The van der Waals surface area contributed by atoms with Crippen LogP contribution in [0.1, 0.15) is 10.4 Å². The molecule has 0 N–H and O–H groups in total. The van der Waals surface area contributed by atoms with Crippen LogP contribution in [0.15, 0.2) is 12.1 Å². The van der Waals surface area contributed by atoms with E-state index in [2.05, 4.69) is 4.90 Å². The second-order valence-corrected chi connectivity index (χ2v) is 5.81. The molecule has 3 rings (SSSR count). The van der Waals surface area contributed by atoms with Crippen LogP contribution in [0.4, 0.5) is 5.69 Å². The molecular weight excluding hydrogens is 315 g/mol. The van der Waals surface area contributed by atoms with Gasteiger partial charge in [-0.2, -0.15) is 0 Å². The van der Waals surface area contributed by atoms with Gasteiger partial charge in [0.05, 0.1) is 34.5 Å². The molecule has 1 fully saturated rings. The van der Waals surface area contributed by atoms with Crippen LogP contribution in [-0.4, -0.2) is 56.0 Å². The summed E-state index contributed by atoms with van der Waals surface area (Å²) in [6.07, 6.45) is 0. The van der Waals surface area contributed by atoms with Crippen LogP contribution in [0.2, 0.25) is 10.0 Å². The maximum absolute atomic E-state index is 12.2. The van der Waals surface area contributed by atoms with Crippen LogP contribution in [0, 0.1) is 0 Å². The van der Waals surface area contributed by atoms with E-state index in [9.17, 15) is 9.59 Å². The Morgan fingerprint density at radius 1 is 1.05 bits per heavy atom. The van der Waals surface area contributed by atoms with Crippen LogP contribution < -0.4 is 4.90 Å². The average molecular weight is 329 g/mol. The Bertz CT molecular complexity index is 600. The molecule has 112 valence electrons. The predicted octanol–water partition coefficient (Wildman–Crippen LogP) is 1.85. The van der Waals surface area contributed by atoms with E-state index < -0.39 is 11.7 Å². The Hall–Kier alpha value is -1.14. The SMILES string of the molecule is O=C1C(=O)N(CCN2CCOCC2)c2c(Cl)ccc(Cl)c21. The number of anilines is 1. The highest BCUT2D eigenvalue weighted by atomic mass is 35.5. The number of morpholine rings is 1. The van der Waals surface area contributed by atoms with E-state index in [1.807, 2.05) is 0 Å². The third kappa shape index (κ3) is 2.66. The van der Waals surface area contributed by atoms with E-state index in [0.717, 1.165) is 13.1 Å². The molecule has 21 heavy (non-hydrogen) atoms. The molecule has 0 aromatic heterocycles. The van der Waals surface area contributed by atoms with Gasteiger partial charge >= 0.3 is 0 Å². The summed E-state index contributed by atoms with van der Waals surface area (Å²) in [5.41, 5.74) is 0.656. The standard InChI is InChI=1S/C14H14Cl2N2O3/c15-9-1-2-10(16)12-11(9)13(19)14(20)18(12)4-3-17-5-7-21-8-6-17/h1-2H,3-8H2. The monoisotopic (exact) mass is 328 g/mol. The van der Waals surface area contributed by atoms with Crippen molar-refractivity contribution in [3.05, 3.63) is 27.7 Å². The van der Waals surface area contributed by atoms with Crippen LogP contribution in [0.3, 0.4) is 0 Å². The minimum Gasteiger partial charge on any atom is -0.379 e. The van der Waals surface area contributed by atoms with Crippen LogP contribution >= 0.6 is 23.2 Å². The topological polar surface area (TPSA) is 49.9 Å². The van der Waals surface area contributed by atoms with E-state index in [0.29, 0.717) is 37.0 Å². The van der Waals surface area contributed by atoms with Crippen molar-refractivity contribution in [2.24, 2.45) is 0 Å². The zero-order valence-corrected chi connectivity index (χ0v) is 12.8. The molecule has 0 atom stereocenters. The number of fused-ring (bicyclic) bond motifs is 1. The Balaban J connectivity index is 1.82. The number of nitrogens with zero attached hydrogens (tertiary/aromatic N) is 2. The van der Waals surface area contributed by atoms with Crippen LogP contribution in [0.5, 0.6) is 0 Å². The molecule has 1 aromatic carbocycles. The van der Waals surface area contributed by atoms with Gasteiger partial charge in [0, 0.05) is 26.2 Å². The van der Waals surface area contributed by atoms with Gasteiger partial charge in [-0.25, -0.2) is 0 Å². The number of carbonyl (C=O) groups is 2. The second-order valence-electron chi connectivity index (χ2n) is 4.99. The number of ether oxygens (including phenoxy) is 1. The second kappa shape index (κ2) is 5.93. The lowest BCUT2D eigenvalue weighted by Crippen LogP contribution is -2.42. The Labute approximate surface area is 132 Å². The Kier molecular flexibility index (Phi) is 4.17. The summed E-state index contributed by atoms with van der Waals surface area (Å²) in [6.45, 7) is 4.12. The third-order valence-corrected chi connectivity index (χ3v) is 4.38. The molecule has 0 bridgehead atoms. The summed E-state index contributed by atoms with van der Waals surface area (Å²) in [5, 5.41) is 0.636. The maximum atomic E-state index is 12.2. The summed E-state index contributed by atoms with van der Waals surface area (Å²) in [7, 11) is 0. The molecule has 0 radical (unpaired) electrons. The van der Waals surface area contributed by atoms with Gasteiger partial charge in [-0.1, -0.05) is 23.2 Å². The molecule has 2 heterocycles. The Morgan fingerprint density at radius 3 is 2.43 bits per heavy atom. The fourth-order valence-electron chi connectivity index (χ4n) is 2.63. The van der Waals surface area contributed by atoms with Crippen molar-refractivity contribution in [3.8, 4) is 0 Å². The van der Waals surface area contributed by atoms with Crippen molar-refractivity contribution in [2.45, 2.75) is 0 Å². The highest BCUT2D eigenvalue weighted by Crippen LogP contribution is 2.39. The number of halogens is 2. The number of amides is 1. The fraction of sp³-hybridized carbons (Fsp3) is 0.429. The lowest BCUT2D eigenvalue weighted by Gasteiger charge is -2.28. The summed E-state index contributed by atoms with van der Waals surface area (Å²) in [4.78, 5) is 27.8. The van der Waals surface area contributed by atoms with Gasteiger partial charge in [-0.05, 0) is 12.1 Å². The fourth-order valence-corrected chi connectivity index (χ4v) is 3.13. The molecule has 1 aromatic rings. The summed E-state index contributed by atoms with van der Waals surface area (Å²) in [5.74, 6) is -1.15. The number of carbonyl (C=O) groups excluding carboxylic acids is 2. The summed E-state index contributed by atoms with van der Waals surface area (Å²) >= 11 is 12.2. The molecule has 0 spiro atoms. The molecule has 1 saturated heterocycles. The molecule has 2 aliphatic heterocycles. The number of rotatable bonds is 3. The van der Waals surface area contributed by atoms with E-state index in [1.165, 1.54) is 4.90 Å². The van der Waals surface area contributed by atoms with Crippen molar-refractivity contribution in [3.63, 3.8) is 0 Å². The van der Waals surface area contributed by atoms with Gasteiger partial charge in [-0.15, -0.1) is 0 Å². The van der Waals surface area contributed by atoms with Gasteiger partial charge in [0.1, 0.15) is 0 Å². The van der Waals surface area contributed by atoms with Gasteiger partial charge in [0.2, 0.25) is 0 Å². The zero-order chi connectivity index (χ0) is 15.0. The Morgan fingerprint density at radius 2 is 1.71 bits per heavy atom. The third-order valence-electron chi connectivity index (χ3n) is 3.76. The molecule has 0 unspecified atom stereocenters. The molecule has 5 nitrogen and oxygen atoms in total. The minimum atomic E-state index is -0.584. The largest absolute Gasteiger partial charge is 0.379 e. The highest BCUT2D eigenvalue weighted by Gasteiger charge is 2.39. The summed E-state index contributed by atoms with van der Waals surface area (Å²) < 4.78 is 5.29. The molecular formula is C14H14Cl2N2O3. The first kappa shape index (κ1) is 14.8. The molecule has 7 heteroatoms. The van der Waals surface area contributed by atoms with Crippen LogP contribution in [-0.2, 0) is 9.53 Å². The van der Waals surface area contributed by atoms with Crippen molar-refractivity contribution >= 4 is 40.6 Å². The quantitative estimate of drug-likeness (QED) is 0.795. The van der Waals surface area contributed by atoms with Gasteiger partial charge in [0.15, 0.2) is 0 Å². The highest BCUT2D eigenvalue weighted by molar-refractivity contribution is 6.56. The first-order valence-electron chi connectivity index (χ1n) is 6.74. The zero-order valence-electron chi connectivity index (χ0n) is 11.3. The molecule has 1 amide bonds. The molecule has 0 saturated carbocycles. The minimum absolute atomic E-state index is 0.219. The first-order chi connectivity index (χ1) is 10.1. The van der Waals surface area contributed by atoms with Crippen molar-refractivity contribution < 1.29 is 14.3 Å². The van der Waals surface area contributed by atoms with Crippen molar-refractivity contribution in [1.29, 1.82) is 0 Å². The molecule has 2 aliphatic rings. The van der Waals surface area contributed by atoms with E-state index in [-0.39, 0.29) is 10.6 Å². The number of hydrogen-bond acceptors (Lipinski definition) is 4. The normalized spacial score (nSPS) is 19.2. The number of hydrogen-bond donors (Lipinski definition) is 0. The lowest BCUT2D eigenvalue weighted by atomic mass is 10.1. The molecule has 0 aliphatic carbocycles. The van der Waals surface area contributed by atoms with E-state index in [4.69, 9.17) is 27.9 Å². The van der Waals surface area contributed by atoms with E-state index in [1.54, 1.807) is 12.1 Å². The lowest BCUT2D eigenvalue weighted by molar-refractivity contribution is -0.114. The van der Waals surface area contributed by atoms with Crippen molar-refractivity contribution in [1.82, 2.24) is 4.90 Å². The van der Waals surface area contributed by atoms with Gasteiger partial charge in [0.25, 0.3) is 11.7 Å². The average Bonchev–Trinajstić information content (AvgIpc) is 2.75. The number of Topliss-reactive ketones (excluding diaryl/α,β-unsaturated/α-hetero) is 1. The van der Waals surface area contributed by atoms with E-state index >= 15 is 0 Å². The number of ketones is 1. The van der Waals surface area contributed by atoms with Gasteiger partial charge in [-0.3, -0.25) is 14.5 Å². The predicted molar refractivity (Wildman–Crippen MR) is 80.4 cm³/mol.